The van der Waals surface area contributed by atoms with Crippen molar-refractivity contribution in [2.75, 3.05) is 39.6 Å². The molecular formula is C90H96BBrCl6F18O17. The molecule has 4 saturated heterocycles. The molecule has 0 bridgehead atoms. The van der Waals surface area contributed by atoms with Crippen molar-refractivity contribution in [1.29, 1.82) is 0 Å². The normalized spacial score (nSPS) is 22.2. The number of hydrogen-bond acceptors (Lipinski definition) is 17. The highest BCUT2D eigenvalue weighted by molar-refractivity contribution is 9.10. The number of carbonyl (C=O) groups is 1. The smallest absolute Gasteiger partial charge is 0.404 e. The van der Waals surface area contributed by atoms with Gasteiger partial charge in [0, 0.05) is 55.8 Å². The zero-order valence-electron chi connectivity index (χ0n) is 71.9. The van der Waals surface area contributed by atoms with Gasteiger partial charge in [0.1, 0.15) is 40.3 Å². The standard InChI is InChI=1S/C15H16ClF3O3.C15H14ClF3O3.C14H23BO4.2C13H14ClF3O2.C13H12ClF3O2.C7H3BrClF3O/c2*16-12-9-11(1-2-13(12)22-15(17,18)19)10-3-5-14(6-4-10)20-7-8-21-14;1-12(2)13(3,4)19-15(18-12)11-5-7-14(8-6-11)16-9-10-17-14;3*14-11-7-9(8-1-4-10(18)5-2-8)3-6-12(11)19-13(15,16)17;8-4-1-2-6(5(9)3-4)13-7(10,11)12/h1-2,9-10H,3-8H2;1-3,9H,4-8H2;5H,6-10H2,1-4H3;2*3,6-8,10,18H,1-2,4-5H2;3,6-8H,1-2,4-5H2;1-3H. The molecule has 0 unspecified atom stereocenters. The maximum Gasteiger partial charge on any atom is 0.573 e. The molecule has 0 aromatic heterocycles. The predicted molar refractivity (Wildman–Crippen MR) is 462 cm³/mol. The van der Waals surface area contributed by atoms with E-state index in [1.807, 2.05) is 6.08 Å². The second-order valence-electron chi connectivity index (χ2n) is 33.7. The Labute approximate surface area is 794 Å². The quantitative estimate of drug-likeness (QED) is 0.0869. The minimum atomic E-state index is -4.75. The van der Waals surface area contributed by atoms with Crippen molar-refractivity contribution >= 4 is 104 Å². The zero-order valence-corrected chi connectivity index (χ0v) is 78.0. The molecule has 4 heterocycles. The Morgan fingerprint density at radius 1 is 0.346 bits per heavy atom. The second kappa shape index (κ2) is 46.3. The van der Waals surface area contributed by atoms with E-state index in [2.05, 4.69) is 78.1 Å². The first kappa shape index (κ1) is 109. The van der Waals surface area contributed by atoms with Crippen molar-refractivity contribution in [2.45, 2.75) is 272 Å². The Morgan fingerprint density at radius 3 is 0.925 bits per heavy atom. The SMILES string of the molecule is CC1(C)OB(C2=CCC3(CC2)OCCO3)OC1(C)C.FC(F)(F)Oc1ccc(Br)cc1Cl.FC(F)(F)Oc1ccc(C2=CCC3(CC2)OCCO3)cc1Cl.FC(F)(F)Oc1ccc(C2CCC3(CC2)OCCO3)cc1Cl.O=C1CCC(c2ccc(OC(F)(F)F)c(Cl)c2)CC1.OC1CCC(c2ccc(OC(F)(F)F)c(Cl)c2)CC1.OC1CCC(c2ccc(OC(F)(F)F)c(Cl)c2)CC1. The van der Waals surface area contributed by atoms with E-state index < -0.39 is 67.0 Å². The minimum Gasteiger partial charge on any atom is -0.404 e. The number of aliphatic hydroxyl groups excluding tert-OH is 2. The number of carbonyl (C=O) groups excluding carboxylic acids is 1. The lowest BCUT2D eigenvalue weighted by molar-refractivity contribution is -0.275. The van der Waals surface area contributed by atoms with Crippen LogP contribution in [0.3, 0.4) is 0 Å². The van der Waals surface area contributed by atoms with Gasteiger partial charge < -0.3 is 76.4 Å². The molecule has 6 aromatic carbocycles. The summed E-state index contributed by atoms with van der Waals surface area (Å²) in [6, 6.07) is 25.7. The maximum absolute atomic E-state index is 12.2. The third kappa shape index (κ3) is 34.1. The van der Waals surface area contributed by atoms with Crippen LogP contribution < -0.4 is 28.4 Å². The molecule has 6 aromatic rings. The average Bonchev–Trinajstić information content (AvgIpc) is 1.61. The van der Waals surface area contributed by atoms with E-state index in [1.54, 1.807) is 36.4 Å². The molecule has 4 aliphatic heterocycles. The van der Waals surface area contributed by atoms with Crippen molar-refractivity contribution in [3.63, 3.8) is 0 Å². The third-order valence-electron chi connectivity index (χ3n) is 23.8. The molecule has 17 nitrogen and oxygen atoms in total. The summed E-state index contributed by atoms with van der Waals surface area (Å²) in [6.07, 6.45) is -8.24. The highest BCUT2D eigenvalue weighted by Gasteiger charge is 2.54. The molecule has 0 radical (unpaired) electrons. The molecule has 10 aliphatic rings. The van der Waals surface area contributed by atoms with Crippen molar-refractivity contribution in [1.82, 2.24) is 0 Å². The van der Waals surface area contributed by atoms with Crippen molar-refractivity contribution in [3.8, 4) is 34.5 Å². The molecule has 4 saturated carbocycles. The summed E-state index contributed by atoms with van der Waals surface area (Å²) in [4.78, 5) is 11.1. The number of ketones is 1. The van der Waals surface area contributed by atoms with Crippen molar-refractivity contribution in [3.05, 3.63) is 189 Å². The summed E-state index contributed by atoms with van der Waals surface area (Å²) < 4.78 is 287. The lowest BCUT2D eigenvalue weighted by atomic mass is 9.71. The van der Waals surface area contributed by atoms with Gasteiger partial charge in [-0.1, -0.05) is 128 Å². The number of benzene rings is 6. The van der Waals surface area contributed by atoms with E-state index in [4.69, 9.17) is 107 Å². The topological polar surface area (TPSA) is 187 Å². The molecule has 6 aliphatic carbocycles. The van der Waals surface area contributed by atoms with Crippen LogP contribution in [-0.2, 0) is 42.5 Å². The fourth-order valence-electron chi connectivity index (χ4n) is 16.4. The number of rotatable bonds is 12. The number of aliphatic hydroxyl groups is 2. The van der Waals surface area contributed by atoms with Gasteiger partial charge in [-0.2, -0.15) is 0 Å². The molecule has 133 heavy (non-hydrogen) atoms. The van der Waals surface area contributed by atoms with Crippen LogP contribution in [-0.4, -0.2) is 142 Å². The van der Waals surface area contributed by atoms with Crippen LogP contribution >= 0.6 is 85.5 Å². The Balaban J connectivity index is 0.000000162. The summed E-state index contributed by atoms with van der Waals surface area (Å²) in [5.41, 5.74) is 6.06. The fraction of sp³-hybridized carbons (Fsp3) is 0.544. The van der Waals surface area contributed by atoms with Gasteiger partial charge in [0.05, 0.1) is 93.2 Å². The van der Waals surface area contributed by atoms with E-state index in [0.29, 0.717) is 102 Å². The number of alkyl halides is 18. The van der Waals surface area contributed by atoms with Crippen molar-refractivity contribution < 1.29 is 160 Å². The van der Waals surface area contributed by atoms with Crippen LogP contribution in [0.5, 0.6) is 34.5 Å². The van der Waals surface area contributed by atoms with E-state index in [-0.39, 0.29) is 113 Å². The molecule has 736 valence electrons. The molecule has 0 atom stereocenters. The lowest BCUT2D eigenvalue weighted by Crippen LogP contribution is -2.41. The molecule has 2 N–H and O–H groups in total. The highest BCUT2D eigenvalue weighted by atomic mass is 79.9. The lowest BCUT2D eigenvalue weighted by Gasteiger charge is -2.35. The van der Waals surface area contributed by atoms with Gasteiger partial charge in [0.2, 0.25) is 0 Å². The zero-order chi connectivity index (χ0) is 97.5. The Bertz CT molecular complexity index is 4770. The first-order chi connectivity index (χ1) is 62.0. The minimum absolute atomic E-state index is 0.0246. The summed E-state index contributed by atoms with van der Waals surface area (Å²) in [6.45, 7) is 12.2. The molecular weight excluding hydrogens is 2000 g/mol. The number of Topliss-reactive ketones (excluding diaryl/α,β-unsaturated/α-hetero) is 1. The van der Waals surface area contributed by atoms with Crippen LogP contribution in [0.25, 0.3) is 5.57 Å². The van der Waals surface area contributed by atoms with Gasteiger partial charge in [-0.3, -0.25) is 4.79 Å². The number of allylic oxidation sites excluding steroid dienone is 2. The molecule has 3 spiro atoms. The second-order valence-corrected chi connectivity index (χ2v) is 37.1. The number of halogens is 25. The Hall–Kier alpha value is -6.11. The van der Waals surface area contributed by atoms with E-state index in [0.717, 1.165) is 123 Å². The highest BCUT2D eigenvalue weighted by Crippen LogP contribution is 2.49. The molecule has 16 rings (SSSR count). The summed E-state index contributed by atoms with van der Waals surface area (Å²) in [5, 5.41) is 18.5. The monoisotopic (exact) mass is 2090 g/mol. The largest absolute Gasteiger partial charge is 0.573 e. The summed E-state index contributed by atoms with van der Waals surface area (Å²) in [5.74, 6) is -2.53. The van der Waals surface area contributed by atoms with E-state index >= 15 is 0 Å². The van der Waals surface area contributed by atoms with Crippen LogP contribution in [0, 0.1) is 0 Å². The van der Waals surface area contributed by atoms with Crippen LogP contribution in [0.2, 0.25) is 30.1 Å². The number of hydrogen-bond donors (Lipinski definition) is 2. The van der Waals surface area contributed by atoms with Gasteiger partial charge in [-0.25, -0.2) is 0 Å². The van der Waals surface area contributed by atoms with E-state index in [1.165, 1.54) is 72.2 Å². The van der Waals surface area contributed by atoms with Crippen LogP contribution in [0.4, 0.5) is 79.0 Å². The number of ether oxygens (including phenoxy) is 12. The molecule has 8 fully saturated rings. The summed E-state index contributed by atoms with van der Waals surface area (Å²) in [7, 11) is -0.219. The molecule has 0 amide bonds. The van der Waals surface area contributed by atoms with Crippen LogP contribution in [0.1, 0.15) is 220 Å². The van der Waals surface area contributed by atoms with Gasteiger partial charge in [-0.15, -0.1) is 79.0 Å². The first-order valence-corrected chi connectivity index (χ1v) is 45.5. The maximum atomic E-state index is 12.2. The van der Waals surface area contributed by atoms with E-state index in [9.17, 15) is 94.0 Å². The Kier molecular flexibility index (Phi) is 37.9. The van der Waals surface area contributed by atoms with Gasteiger partial charge in [-0.05, 0) is 259 Å². The average molecular weight is 2100 g/mol. The fourth-order valence-corrected chi connectivity index (χ4v) is 18.2. The third-order valence-corrected chi connectivity index (χ3v) is 26.1. The van der Waals surface area contributed by atoms with Gasteiger partial charge in [0.25, 0.3) is 0 Å². The molecule has 43 heteroatoms. The predicted octanol–water partition coefficient (Wildman–Crippen LogP) is 28.6. The van der Waals surface area contributed by atoms with Crippen LogP contribution in [0.15, 0.2) is 131 Å². The Morgan fingerprint density at radius 2 is 0.632 bits per heavy atom. The first-order valence-electron chi connectivity index (χ1n) is 42.4. The summed E-state index contributed by atoms with van der Waals surface area (Å²) >= 11 is 37.7. The van der Waals surface area contributed by atoms with Gasteiger partial charge in [0.15, 0.2) is 17.4 Å². The van der Waals surface area contributed by atoms with Gasteiger partial charge >= 0.3 is 45.3 Å². The van der Waals surface area contributed by atoms with Crippen molar-refractivity contribution in [2.24, 2.45) is 0 Å².